The maximum absolute atomic E-state index is 11.8. The molecule has 0 radical (unpaired) electrons. The number of hydrogen-bond donors (Lipinski definition) is 4. The van der Waals surface area contributed by atoms with Gasteiger partial charge in [-0.15, -0.1) is 0 Å². The zero-order valence-corrected chi connectivity index (χ0v) is 11.6. The second-order valence-corrected chi connectivity index (χ2v) is 5.05. The molecule has 0 aromatic rings. The smallest absolute Gasteiger partial charge is 0.315 e. The Bertz CT molecular complexity index is 410. The van der Waals surface area contributed by atoms with E-state index >= 15 is 0 Å². The summed E-state index contributed by atoms with van der Waals surface area (Å²) in [5.41, 5.74) is 0. The van der Waals surface area contributed by atoms with Gasteiger partial charge in [0.25, 0.3) is 0 Å². The van der Waals surface area contributed by atoms with E-state index in [1.807, 2.05) is 0 Å². The fourth-order valence-corrected chi connectivity index (χ4v) is 2.34. The first kappa shape index (κ1) is 15.5. The Morgan fingerprint density at radius 2 is 1.95 bits per heavy atom. The topological polar surface area (TPSA) is 120 Å². The van der Waals surface area contributed by atoms with Crippen molar-refractivity contribution in [3.05, 3.63) is 0 Å². The molecule has 2 atom stereocenters. The molecule has 2 saturated heterocycles. The van der Waals surface area contributed by atoms with E-state index in [0.717, 1.165) is 13.1 Å². The highest BCUT2D eigenvalue weighted by molar-refractivity contribution is 5.84. The van der Waals surface area contributed by atoms with Crippen LogP contribution in [0.3, 0.4) is 0 Å². The van der Waals surface area contributed by atoms with E-state index in [0.29, 0.717) is 13.1 Å². The van der Waals surface area contributed by atoms with Crippen LogP contribution in [-0.2, 0) is 14.3 Å². The molecule has 21 heavy (non-hydrogen) atoms. The van der Waals surface area contributed by atoms with Gasteiger partial charge < -0.3 is 30.7 Å². The Balaban J connectivity index is 1.71. The van der Waals surface area contributed by atoms with Gasteiger partial charge in [0.2, 0.25) is 5.91 Å². The maximum Gasteiger partial charge on any atom is 0.315 e. The lowest BCUT2D eigenvalue weighted by Crippen LogP contribution is -2.52. The number of carbonyl (C=O) groups is 3. The minimum absolute atomic E-state index is 0.0833. The van der Waals surface area contributed by atoms with Gasteiger partial charge in [-0.25, -0.2) is 4.79 Å². The summed E-state index contributed by atoms with van der Waals surface area (Å²) in [4.78, 5) is 36.2. The van der Waals surface area contributed by atoms with E-state index in [9.17, 15) is 14.4 Å². The minimum atomic E-state index is -1.00. The fraction of sp³-hybridized carbons (Fsp3) is 0.750. The van der Waals surface area contributed by atoms with Crippen molar-refractivity contribution in [2.45, 2.75) is 6.04 Å². The first-order valence-corrected chi connectivity index (χ1v) is 6.91. The normalized spacial score (nSPS) is 25.4. The van der Waals surface area contributed by atoms with E-state index < -0.39 is 24.0 Å². The van der Waals surface area contributed by atoms with Crippen molar-refractivity contribution in [3.8, 4) is 0 Å². The zero-order chi connectivity index (χ0) is 15.2. The van der Waals surface area contributed by atoms with Crippen LogP contribution in [0, 0.1) is 5.92 Å². The lowest BCUT2D eigenvalue weighted by atomic mass is 10.0. The summed E-state index contributed by atoms with van der Waals surface area (Å²) >= 11 is 0. The summed E-state index contributed by atoms with van der Waals surface area (Å²) in [5.74, 6) is -1.90. The number of nitrogens with zero attached hydrogens (tertiary/aromatic N) is 1. The molecule has 0 aliphatic carbocycles. The van der Waals surface area contributed by atoms with Crippen molar-refractivity contribution in [2.24, 2.45) is 5.92 Å². The summed E-state index contributed by atoms with van der Waals surface area (Å²) in [7, 11) is 0. The van der Waals surface area contributed by atoms with Gasteiger partial charge in [-0.1, -0.05) is 0 Å². The van der Waals surface area contributed by atoms with E-state index in [4.69, 9.17) is 9.84 Å². The number of aliphatic carboxylic acids is 1. The molecule has 2 rings (SSSR count). The molecular weight excluding hydrogens is 280 g/mol. The van der Waals surface area contributed by atoms with Gasteiger partial charge in [-0.2, -0.15) is 0 Å². The Hall–Kier alpha value is -1.87. The van der Waals surface area contributed by atoms with E-state index in [2.05, 4.69) is 16.0 Å². The number of carboxylic acid groups (broad SMARTS) is 1. The molecule has 0 saturated carbocycles. The van der Waals surface area contributed by atoms with Crippen LogP contribution in [0.25, 0.3) is 0 Å². The molecule has 0 aromatic carbocycles. The van der Waals surface area contributed by atoms with Crippen molar-refractivity contribution < 1.29 is 24.2 Å². The number of carboxylic acids is 1. The molecule has 0 spiro atoms. The van der Waals surface area contributed by atoms with Crippen LogP contribution in [0.5, 0.6) is 0 Å². The predicted molar refractivity (Wildman–Crippen MR) is 71.7 cm³/mol. The quantitative estimate of drug-likeness (QED) is 0.468. The van der Waals surface area contributed by atoms with Gasteiger partial charge in [0.15, 0.2) is 0 Å². The standard InChI is InChI=1S/C12H20N4O5/c17-10(16-3-1-13-2-4-16)5-14-12(20)15-9-7-21-6-8(9)11(18)19/h8-9,13H,1-7H2,(H,18,19)(H2,14,15,20). The molecule has 118 valence electrons. The molecular formula is C12H20N4O5. The summed E-state index contributed by atoms with van der Waals surface area (Å²) in [6.45, 7) is 2.89. The Morgan fingerprint density at radius 3 is 2.62 bits per heavy atom. The largest absolute Gasteiger partial charge is 0.481 e. The SMILES string of the molecule is O=C(NCC(=O)N1CCNCC1)NC1COCC1C(=O)O. The van der Waals surface area contributed by atoms with Crippen LogP contribution >= 0.6 is 0 Å². The highest BCUT2D eigenvalue weighted by Crippen LogP contribution is 2.13. The number of piperazine rings is 1. The Labute approximate surface area is 122 Å². The number of carbonyl (C=O) groups excluding carboxylic acids is 2. The molecule has 2 heterocycles. The third kappa shape index (κ3) is 4.30. The summed E-state index contributed by atoms with van der Waals surface area (Å²) in [6, 6.07) is -1.13. The van der Waals surface area contributed by atoms with Gasteiger partial charge in [0.05, 0.1) is 25.8 Å². The van der Waals surface area contributed by atoms with E-state index in [1.165, 1.54) is 0 Å². The lowest BCUT2D eigenvalue weighted by Gasteiger charge is -2.27. The van der Waals surface area contributed by atoms with E-state index in [-0.39, 0.29) is 25.7 Å². The molecule has 2 fully saturated rings. The molecule has 2 unspecified atom stereocenters. The molecule has 3 amide bonds. The van der Waals surface area contributed by atoms with Gasteiger partial charge in [0, 0.05) is 26.2 Å². The van der Waals surface area contributed by atoms with E-state index in [1.54, 1.807) is 4.90 Å². The second-order valence-electron chi connectivity index (χ2n) is 5.05. The molecule has 2 aliphatic rings. The number of ether oxygens (including phenoxy) is 1. The predicted octanol–water partition coefficient (Wildman–Crippen LogP) is -2.18. The summed E-state index contributed by atoms with van der Waals surface area (Å²) < 4.78 is 5.05. The molecule has 9 nitrogen and oxygen atoms in total. The van der Waals surface area contributed by atoms with Gasteiger partial charge in [-0.05, 0) is 0 Å². The van der Waals surface area contributed by atoms with Gasteiger partial charge in [-0.3, -0.25) is 9.59 Å². The van der Waals surface area contributed by atoms with Crippen molar-refractivity contribution in [2.75, 3.05) is 45.9 Å². The first-order chi connectivity index (χ1) is 10.1. The third-order valence-corrected chi connectivity index (χ3v) is 3.58. The molecule has 2 aliphatic heterocycles. The minimum Gasteiger partial charge on any atom is -0.481 e. The van der Waals surface area contributed by atoms with Crippen LogP contribution in [0.2, 0.25) is 0 Å². The molecule has 0 bridgehead atoms. The van der Waals surface area contributed by atoms with Crippen LogP contribution in [0.1, 0.15) is 0 Å². The molecule has 4 N–H and O–H groups in total. The van der Waals surface area contributed by atoms with Gasteiger partial charge >= 0.3 is 12.0 Å². The number of nitrogens with one attached hydrogen (secondary N) is 3. The lowest BCUT2D eigenvalue weighted by molar-refractivity contribution is -0.142. The maximum atomic E-state index is 11.8. The average Bonchev–Trinajstić information content (AvgIpc) is 2.94. The van der Waals surface area contributed by atoms with Crippen molar-refractivity contribution in [1.82, 2.24) is 20.9 Å². The fourth-order valence-electron chi connectivity index (χ4n) is 2.34. The van der Waals surface area contributed by atoms with Crippen LogP contribution in [0.15, 0.2) is 0 Å². The van der Waals surface area contributed by atoms with Crippen LogP contribution < -0.4 is 16.0 Å². The third-order valence-electron chi connectivity index (χ3n) is 3.58. The van der Waals surface area contributed by atoms with Gasteiger partial charge in [0.1, 0.15) is 5.92 Å². The highest BCUT2D eigenvalue weighted by Gasteiger charge is 2.35. The zero-order valence-electron chi connectivity index (χ0n) is 11.6. The average molecular weight is 300 g/mol. The van der Waals surface area contributed by atoms with Crippen LogP contribution in [0.4, 0.5) is 4.79 Å². The first-order valence-electron chi connectivity index (χ1n) is 6.91. The molecule has 0 aromatic heterocycles. The Kier molecular flexibility index (Phi) is 5.34. The van der Waals surface area contributed by atoms with Crippen molar-refractivity contribution in [1.29, 1.82) is 0 Å². The molecule has 9 heteroatoms. The highest BCUT2D eigenvalue weighted by atomic mass is 16.5. The number of hydrogen-bond acceptors (Lipinski definition) is 5. The van der Waals surface area contributed by atoms with Crippen molar-refractivity contribution in [3.63, 3.8) is 0 Å². The summed E-state index contributed by atoms with van der Waals surface area (Å²) in [6.07, 6.45) is 0. The monoisotopic (exact) mass is 300 g/mol. The Morgan fingerprint density at radius 1 is 1.24 bits per heavy atom. The number of urea groups is 1. The number of rotatable bonds is 4. The van der Waals surface area contributed by atoms with Crippen molar-refractivity contribution >= 4 is 17.9 Å². The number of amides is 3. The summed E-state index contributed by atoms with van der Waals surface area (Å²) in [5, 5.41) is 17.1. The second kappa shape index (κ2) is 7.23. The van der Waals surface area contributed by atoms with Crippen LogP contribution in [-0.4, -0.2) is 79.9 Å².